The quantitative estimate of drug-likeness (QED) is 0.233. The van der Waals surface area contributed by atoms with E-state index < -0.39 is 59.3 Å². The number of nitrogens with one attached hydrogen (secondary N) is 4. The number of ketones is 1. The first-order chi connectivity index (χ1) is 20.0. The molecule has 0 spiro atoms. The van der Waals surface area contributed by atoms with Gasteiger partial charge in [-0.15, -0.1) is 0 Å². The van der Waals surface area contributed by atoms with Crippen molar-refractivity contribution in [1.82, 2.24) is 21.3 Å². The van der Waals surface area contributed by atoms with E-state index in [-0.39, 0.29) is 13.0 Å². The average molecular weight is 575 g/mol. The number of carbonyl (C=O) groups excluding carboxylic acids is 5. The molecule has 0 saturated carbocycles. The Labute approximate surface area is 244 Å². The van der Waals surface area contributed by atoms with Gasteiger partial charge in [-0.2, -0.15) is 0 Å². The molecule has 3 aromatic rings. The summed E-state index contributed by atoms with van der Waals surface area (Å²) in [5.74, 6) is -4.33. The summed E-state index contributed by atoms with van der Waals surface area (Å²) >= 11 is 0. The van der Waals surface area contributed by atoms with Crippen LogP contribution in [0, 0.1) is 11.7 Å². The molecular weight excluding hydrogens is 539 g/mol. The molecule has 0 bridgehead atoms. The Balaban J connectivity index is 1.65. The summed E-state index contributed by atoms with van der Waals surface area (Å²) in [6.07, 6.45) is 0.0354. The van der Waals surface area contributed by atoms with Gasteiger partial charge in [0.25, 0.3) is 11.8 Å². The van der Waals surface area contributed by atoms with E-state index in [1.807, 2.05) is 30.3 Å². The molecule has 0 fully saturated rings. The Morgan fingerprint density at radius 3 is 1.88 bits per heavy atom. The van der Waals surface area contributed by atoms with Crippen LogP contribution in [0.1, 0.15) is 42.3 Å². The van der Waals surface area contributed by atoms with Gasteiger partial charge in [0.15, 0.2) is 0 Å². The lowest BCUT2D eigenvalue weighted by molar-refractivity contribution is -0.141. The normalized spacial score (nSPS) is 12.9. The van der Waals surface area contributed by atoms with E-state index in [9.17, 15) is 28.4 Å². The van der Waals surface area contributed by atoms with Crippen molar-refractivity contribution in [3.05, 3.63) is 107 Å². The van der Waals surface area contributed by atoms with Crippen molar-refractivity contribution in [1.29, 1.82) is 0 Å². The number of amides is 4. The maximum atomic E-state index is 13.4. The molecule has 0 saturated heterocycles. The third-order valence-corrected chi connectivity index (χ3v) is 6.53. The second-order valence-corrected chi connectivity index (χ2v) is 10.2. The standard InChI is InChI=1S/C32H35FN4O5/c1-20(2)27(28(38)32(42)34-19-23-10-6-4-7-11-23)37-29(39)21(3)35-31(41)26(18-22-14-16-25(33)17-15-22)36-30(40)24-12-8-5-9-13-24/h4-17,20-21,26-27H,18-19H2,1-3H3,(H,34,42)(H,35,41)(H,36,40)(H,37,39)/t21-,26+,27-/m0/s1. The number of rotatable bonds is 13. The first-order valence-electron chi connectivity index (χ1n) is 13.6. The molecule has 0 aromatic heterocycles. The smallest absolute Gasteiger partial charge is 0.289 e. The lowest BCUT2D eigenvalue weighted by atomic mass is 9.98. The van der Waals surface area contributed by atoms with Crippen LogP contribution in [0.25, 0.3) is 0 Å². The molecule has 9 nitrogen and oxygen atoms in total. The van der Waals surface area contributed by atoms with Crippen molar-refractivity contribution in [3.63, 3.8) is 0 Å². The number of Topliss-reactive ketones (excluding diaryl/α,β-unsaturated/α-hetero) is 1. The van der Waals surface area contributed by atoms with Crippen molar-refractivity contribution >= 4 is 29.4 Å². The molecule has 42 heavy (non-hydrogen) atoms. The third-order valence-electron chi connectivity index (χ3n) is 6.53. The number of carbonyl (C=O) groups is 5. The van der Waals surface area contributed by atoms with Gasteiger partial charge in [0.1, 0.15) is 17.9 Å². The largest absolute Gasteiger partial charge is 0.345 e. The molecule has 4 N–H and O–H groups in total. The molecule has 3 aromatic carbocycles. The van der Waals surface area contributed by atoms with Crippen molar-refractivity contribution < 1.29 is 28.4 Å². The Hall–Kier alpha value is -4.86. The van der Waals surface area contributed by atoms with Gasteiger partial charge in [0.05, 0.1) is 6.04 Å². The molecule has 4 amide bonds. The van der Waals surface area contributed by atoms with Gasteiger partial charge in [-0.05, 0) is 48.2 Å². The lowest BCUT2D eigenvalue weighted by Crippen LogP contribution is -2.57. The monoisotopic (exact) mass is 574 g/mol. The van der Waals surface area contributed by atoms with E-state index in [1.54, 1.807) is 44.2 Å². The molecule has 0 aliphatic rings. The predicted molar refractivity (Wildman–Crippen MR) is 155 cm³/mol. The Bertz CT molecular complexity index is 1380. The number of hydrogen-bond donors (Lipinski definition) is 4. The molecule has 3 rings (SSSR count). The van der Waals surface area contributed by atoms with Crippen molar-refractivity contribution in [2.45, 2.75) is 51.9 Å². The molecular formula is C32H35FN4O5. The van der Waals surface area contributed by atoms with Gasteiger partial charge in [-0.3, -0.25) is 24.0 Å². The van der Waals surface area contributed by atoms with Crippen LogP contribution in [-0.4, -0.2) is 47.5 Å². The number of halogens is 1. The second-order valence-electron chi connectivity index (χ2n) is 10.2. The highest BCUT2D eigenvalue weighted by atomic mass is 19.1. The van der Waals surface area contributed by atoms with E-state index in [1.165, 1.54) is 31.2 Å². The Kier molecular flexibility index (Phi) is 11.5. The second kappa shape index (κ2) is 15.2. The molecule has 3 atom stereocenters. The number of hydrogen-bond acceptors (Lipinski definition) is 5. The summed E-state index contributed by atoms with van der Waals surface area (Å²) in [6, 6.07) is 19.6. The molecule has 0 heterocycles. The van der Waals surface area contributed by atoms with Crippen LogP contribution in [0.3, 0.4) is 0 Å². The van der Waals surface area contributed by atoms with Gasteiger partial charge in [0, 0.05) is 18.5 Å². The van der Waals surface area contributed by atoms with E-state index in [2.05, 4.69) is 21.3 Å². The summed E-state index contributed by atoms with van der Waals surface area (Å²) < 4.78 is 13.4. The average Bonchev–Trinajstić information content (AvgIpc) is 2.99. The minimum atomic E-state index is -1.12. The molecule has 10 heteroatoms. The third kappa shape index (κ3) is 9.36. The fraction of sp³-hybridized carbons (Fsp3) is 0.281. The summed E-state index contributed by atoms with van der Waals surface area (Å²) in [7, 11) is 0. The van der Waals surface area contributed by atoms with Gasteiger partial charge in [-0.25, -0.2) is 4.39 Å². The molecule has 0 aliphatic carbocycles. The van der Waals surface area contributed by atoms with Crippen molar-refractivity contribution in [2.24, 2.45) is 5.92 Å². The van der Waals surface area contributed by atoms with Crippen LogP contribution in [0.4, 0.5) is 4.39 Å². The van der Waals surface area contributed by atoms with Gasteiger partial charge >= 0.3 is 0 Å². The van der Waals surface area contributed by atoms with Crippen LogP contribution in [-0.2, 0) is 32.1 Å². The minimum absolute atomic E-state index is 0.0354. The number of benzene rings is 3. The van der Waals surface area contributed by atoms with Gasteiger partial charge in [-0.1, -0.05) is 74.5 Å². The van der Waals surface area contributed by atoms with Crippen LogP contribution >= 0.6 is 0 Å². The predicted octanol–water partition coefficient (Wildman–Crippen LogP) is 2.70. The van der Waals surface area contributed by atoms with E-state index in [4.69, 9.17) is 0 Å². The van der Waals surface area contributed by atoms with Crippen LogP contribution in [0.2, 0.25) is 0 Å². The zero-order valence-corrected chi connectivity index (χ0v) is 23.7. The van der Waals surface area contributed by atoms with Crippen LogP contribution in [0.5, 0.6) is 0 Å². The minimum Gasteiger partial charge on any atom is -0.345 e. The van der Waals surface area contributed by atoms with Gasteiger partial charge < -0.3 is 21.3 Å². The molecule has 0 aliphatic heterocycles. The van der Waals surface area contributed by atoms with Crippen molar-refractivity contribution in [2.75, 3.05) is 0 Å². The molecule has 220 valence electrons. The lowest BCUT2D eigenvalue weighted by Gasteiger charge is -2.25. The molecule has 0 radical (unpaired) electrons. The van der Waals surface area contributed by atoms with Crippen LogP contribution < -0.4 is 21.3 Å². The molecule has 0 unspecified atom stereocenters. The first-order valence-corrected chi connectivity index (χ1v) is 13.6. The topological polar surface area (TPSA) is 133 Å². The Morgan fingerprint density at radius 2 is 1.29 bits per heavy atom. The fourth-order valence-electron chi connectivity index (χ4n) is 4.10. The summed E-state index contributed by atoms with van der Waals surface area (Å²) in [5, 5.41) is 10.4. The van der Waals surface area contributed by atoms with Gasteiger partial charge in [0.2, 0.25) is 17.6 Å². The van der Waals surface area contributed by atoms with E-state index in [0.29, 0.717) is 11.1 Å². The fourth-order valence-corrected chi connectivity index (χ4v) is 4.10. The van der Waals surface area contributed by atoms with Crippen LogP contribution in [0.15, 0.2) is 84.9 Å². The SMILES string of the molecule is CC(C)[C@H](NC(=O)[C@H](C)NC(=O)[C@@H](Cc1ccc(F)cc1)NC(=O)c1ccccc1)C(=O)C(=O)NCc1ccccc1. The maximum Gasteiger partial charge on any atom is 0.289 e. The summed E-state index contributed by atoms with van der Waals surface area (Å²) in [4.78, 5) is 64.5. The van der Waals surface area contributed by atoms with E-state index >= 15 is 0 Å². The van der Waals surface area contributed by atoms with Crippen molar-refractivity contribution in [3.8, 4) is 0 Å². The maximum absolute atomic E-state index is 13.4. The van der Waals surface area contributed by atoms with E-state index in [0.717, 1.165) is 5.56 Å². The highest BCUT2D eigenvalue weighted by molar-refractivity contribution is 6.38. The summed E-state index contributed by atoms with van der Waals surface area (Å²) in [5.41, 5.74) is 1.74. The zero-order valence-electron chi connectivity index (χ0n) is 23.7. The first kappa shape index (κ1) is 31.7. The summed E-state index contributed by atoms with van der Waals surface area (Å²) in [6.45, 7) is 4.96. The zero-order chi connectivity index (χ0) is 30.6. The Morgan fingerprint density at radius 1 is 0.690 bits per heavy atom. The highest BCUT2D eigenvalue weighted by Crippen LogP contribution is 2.09. The highest BCUT2D eigenvalue weighted by Gasteiger charge is 2.32.